The zero-order chi connectivity index (χ0) is 15.2. The number of hydrogen-bond donors (Lipinski definition) is 2. The highest BCUT2D eigenvalue weighted by atomic mass is 79.9. The Morgan fingerprint density at radius 2 is 2.00 bits per heavy atom. The summed E-state index contributed by atoms with van der Waals surface area (Å²) < 4.78 is 19.4. The van der Waals surface area contributed by atoms with E-state index < -0.39 is 0 Å². The van der Waals surface area contributed by atoms with E-state index in [9.17, 15) is 9.50 Å². The highest BCUT2D eigenvalue weighted by Crippen LogP contribution is 2.26. The molecule has 0 saturated heterocycles. The predicted molar refractivity (Wildman–Crippen MR) is 83.9 cm³/mol. The van der Waals surface area contributed by atoms with Gasteiger partial charge in [0.05, 0.1) is 6.61 Å². The Labute approximate surface area is 131 Å². The summed E-state index contributed by atoms with van der Waals surface area (Å²) in [4.78, 5) is 0. The lowest BCUT2D eigenvalue weighted by atomic mass is 10.2. The normalized spacial score (nSPS) is 10.6. The molecule has 0 amide bonds. The first-order valence-corrected chi connectivity index (χ1v) is 7.48. The molecule has 0 heterocycles. The number of rotatable bonds is 6. The maximum Gasteiger partial charge on any atom is 0.161 e. The summed E-state index contributed by atoms with van der Waals surface area (Å²) in [5.41, 5.74) is 1.85. The first kappa shape index (κ1) is 15.8. The van der Waals surface area contributed by atoms with E-state index >= 15 is 0 Å². The third-order valence-corrected chi connectivity index (χ3v) is 3.75. The smallest absolute Gasteiger partial charge is 0.161 e. The standard InChI is InChI=1S/C16H17BrFNO2/c1-2-21-16-7-11(3-6-15(16)20)9-19-10-12-8-13(18)4-5-14(12)17/h3-8,19-20H,2,9-10H2,1H3. The van der Waals surface area contributed by atoms with Crippen LogP contribution in [0.25, 0.3) is 0 Å². The summed E-state index contributed by atoms with van der Waals surface area (Å²) in [6.45, 7) is 3.51. The number of halogens is 2. The number of nitrogens with one attached hydrogen (secondary N) is 1. The van der Waals surface area contributed by atoms with Crippen LogP contribution in [-0.4, -0.2) is 11.7 Å². The second kappa shape index (κ2) is 7.43. The zero-order valence-electron chi connectivity index (χ0n) is 11.7. The lowest BCUT2D eigenvalue weighted by Gasteiger charge is -2.10. The van der Waals surface area contributed by atoms with Gasteiger partial charge in [0, 0.05) is 17.6 Å². The summed E-state index contributed by atoms with van der Waals surface area (Å²) >= 11 is 3.40. The Morgan fingerprint density at radius 1 is 1.19 bits per heavy atom. The van der Waals surface area contributed by atoms with Crippen molar-refractivity contribution >= 4 is 15.9 Å². The van der Waals surface area contributed by atoms with E-state index in [1.54, 1.807) is 18.2 Å². The van der Waals surface area contributed by atoms with Crippen LogP contribution in [0.1, 0.15) is 18.1 Å². The van der Waals surface area contributed by atoms with Crippen molar-refractivity contribution in [1.29, 1.82) is 0 Å². The number of hydrogen-bond acceptors (Lipinski definition) is 3. The van der Waals surface area contributed by atoms with Crippen molar-refractivity contribution in [3.05, 3.63) is 57.8 Å². The second-order valence-electron chi connectivity index (χ2n) is 4.57. The Kier molecular flexibility index (Phi) is 5.59. The van der Waals surface area contributed by atoms with E-state index in [1.165, 1.54) is 12.1 Å². The molecule has 21 heavy (non-hydrogen) atoms. The van der Waals surface area contributed by atoms with E-state index in [2.05, 4.69) is 21.2 Å². The molecule has 2 N–H and O–H groups in total. The molecule has 0 aliphatic heterocycles. The van der Waals surface area contributed by atoms with Crippen LogP contribution in [0, 0.1) is 5.82 Å². The largest absolute Gasteiger partial charge is 0.504 e. The minimum absolute atomic E-state index is 0.133. The van der Waals surface area contributed by atoms with E-state index in [-0.39, 0.29) is 11.6 Å². The van der Waals surface area contributed by atoms with E-state index in [4.69, 9.17) is 4.74 Å². The van der Waals surface area contributed by atoms with Crippen molar-refractivity contribution in [3.63, 3.8) is 0 Å². The van der Waals surface area contributed by atoms with Gasteiger partial charge in [0.15, 0.2) is 11.5 Å². The molecular weight excluding hydrogens is 337 g/mol. The van der Waals surface area contributed by atoms with Crippen LogP contribution in [-0.2, 0) is 13.1 Å². The predicted octanol–water partition coefficient (Wildman–Crippen LogP) is 3.98. The maximum atomic E-state index is 13.2. The fraction of sp³-hybridized carbons (Fsp3) is 0.250. The number of phenolic OH excluding ortho intramolecular Hbond substituents is 1. The van der Waals surface area contributed by atoms with Crippen molar-refractivity contribution in [1.82, 2.24) is 5.32 Å². The minimum atomic E-state index is -0.252. The molecule has 3 nitrogen and oxygen atoms in total. The molecule has 5 heteroatoms. The Bertz CT molecular complexity index is 619. The zero-order valence-corrected chi connectivity index (χ0v) is 13.3. The van der Waals surface area contributed by atoms with Crippen LogP contribution in [0.15, 0.2) is 40.9 Å². The van der Waals surface area contributed by atoms with Crippen LogP contribution >= 0.6 is 15.9 Å². The molecule has 2 rings (SSSR count). The Morgan fingerprint density at radius 3 is 2.76 bits per heavy atom. The van der Waals surface area contributed by atoms with Gasteiger partial charge in [0.25, 0.3) is 0 Å². The Hall–Kier alpha value is -1.59. The molecule has 0 spiro atoms. The fourth-order valence-corrected chi connectivity index (χ4v) is 2.35. The molecule has 2 aromatic rings. The van der Waals surface area contributed by atoms with Crippen LogP contribution < -0.4 is 10.1 Å². The number of benzene rings is 2. The van der Waals surface area contributed by atoms with Crippen molar-refractivity contribution in [2.75, 3.05) is 6.61 Å². The van der Waals surface area contributed by atoms with Gasteiger partial charge in [-0.15, -0.1) is 0 Å². The molecule has 112 valence electrons. The van der Waals surface area contributed by atoms with Crippen molar-refractivity contribution < 1.29 is 14.2 Å². The Balaban J connectivity index is 1.97. The van der Waals surface area contributed by atoms with Gasteiger partial charge >= 0.3 is 0 Å². The summed E-state index contributed by atoms with van der Waals surface area (Å²) in [5.74, 6) is 0.357. The van der Waals surface area contributed by atoms with Gasteiger partial charge < -0.3 is 15.2 Å². The molecule has 0 bridgehead atoms. The first-order chi connectivity index (χ1) is 10.1. The number of aromatic hydroxyl groups is 1. The van der Waals surface area contributed by atoms with E-state index in [0.717, 1.165) is 15.6 Å². The van der Waals surface area contributed by atoms with Gasteiger partial charge in [-0.05, 0) is 48.4 Å². The van der Waals surface area contributed by atoms with Crippen LogP contribution in [0.4, 0.5) is 4.39 Å². The van der Waals surface area contributed by atoms with Crippen LogP contribution in [0.2, 0.25) is 0 Å². The molecular formula is C16H17BrFNO2. The summed E-state index contributed by atoms with van der Waals surface area (Å²) in [5, 5.41) is 12.9. The van der Waals surface area contributed by atoms with Gasteiger partial charge in [-0.1, -0.05) is 22.0 Å². The molecule has 0 aliphatic rings. The fourth-order valence-electron chi connectivity index (χ4n) is 1.96. The van der Waals surface area contributed by atoms with Crippen LogP contribution in [0.5, 0.6) is 11.5 Å². The third-order valence-electron chi connectivity index (χ3n) is 2.98. The summed E-state index contributed by atoms with van der Waals surface area (Å²) in [6, 6.07) is 9.85. The quantitative estimate of drug-likeness (QED) is 0.825. The molecule has 0 fully saturated rings. The first-order valence-electron chi connectivity index (χ1n) is 6.69. The molecule has 0 atom stereocenters. The van der Waals surface area contributed by atoms with Gasteiger partial charge in [-0.25, -0.2) is 4.39 Å². The molecule has 0 radical (unpaired) electrons. The lowest BCUT2D eigenvalue weighted by Crippen LogP contribution is -2.13. The summed E-state index contributed by atoms with van der Waals surface area (Å²) in [7, 11) is 0. The van der Waals surface area contributed by atoms with Gasteiger partial charge in [0.1, 0.15) is 5.82 Å². The third kappa shape index (κ3) is 4.44. The van der Waals surface area contributed by atoms with Crippen LogP contribution in [0.3, 0.4) is 0 Å². The van der Waals surface area contributed by atoms with Gasteiger partial charge in [-0.3, -0.25) is 0 Å². The minimum Gasteiger partial charge on any atom is -0.504 e. The summed E-state index contributed by atoms with van der Waals surface area (Å²) in [6.07, 6.45) is 0. The van der Waals surface area contributed by atoms with Gasteiger partial charge in [-0.2, -0.15) is 0 Å². The van der Waals surface area contributed by atoms with Crippen molar-refractivity contribution in [2.24, 2.45) is 0 Å². The number of phenols is 1. The molecule has 0 unspecified atom stereocenters. The number of ether oxygens (including phenoxy) is 1. The maximum absolute atomic E-state index is 13.2. The van der Waals surface area contributed by atoms with E-state index in [0.29, 0.717) is 25.4 Å². The van der Waals surface area contributed by atoms with Crippen molar-refractivity contribution in [2.45, 2.75) is 20.0 Å². The molecule has 0 aliphatic carbocycles. The highest BCUT2D eigenvalue weighted by molar-refractivity contribution is 9.10. The van der Waals surface area contributed by atoms with Crippen molar-refractivity contribution in [3.8, 4) is 11.5 Å². The average molecular weight is 354 g/mol. The molecule has 0 saturated carbocycles. The van der Waals surface area contributed by atoms with E-state index in [1.807, 2.05) is 13.0 Å². The molecule has 0 aromatic heterocycles. The molecule has 2 aromatic carbocycles. The SMILES string of the molecule is CCOc1cc(CNCc2cc(F)ccc2Br)ccc1O. The monoisotopic (exact) mass is 353 g/mol. The average Bonchev–Trinajstić information content (AvgIpc) is 2.46. The lowest BCUT2D eigenvalue weighted by molar-refractivity contribution is 0.317. The highest BCUT2D eigenvalue weighted by Gasteiger charge is 2.05. The topological polar surface area (TPSA) is 41.5 Å². The van der Waals surface area contributed by atoms with Gasteiger partial charge in [0.2, 0.25) is 0 Å². The second-order valence-corrected chi connectivity index (χ2v) is 5.43.